The van der Waals surface area contributed by atoms with Crippen molar-refractivity contribution in [3.05, 3.63) is 58.2 Å². The molecule has 3 aromatic rings. The minimum Gasteiger partial charge on any atom is -0.304 e. The number of halogens is 4. The molecule has 2 aromatic carbocycles. The zero-order chi connectivity index (χ0) is 18.2. The quantitative estimate of drug-likeness (QED) is 0.599. The van der Waals surface area contributed by atoms with E-state index in [2.05, 4.69) is 25.9 Å². The predicted molar refractivity (Wildman–Crippen MR) is 95.1 cm³/mol. The van der Waals surface area contributed by atoms with E-state index in [0.29, 0.717) is 23.4 Å². The lowest BCUT2D eigenvalue weighted by atomic mass is 10.1. The molecule has 25 heavy (non-hydrogen) atoms. The van der Waals surface area contributed by atoms with Crippen molar-refractivity contribution in [2.75, 3.05) is 14.1 Å². The SMILES string of the molecule is CN(C)Cc1nc(-c2cccc(Br)c2)nc2cc(C(F)(F)F)ccc12. The second-order valence-corrected chi connectivity index (χ2v) is 6.89. The Balaban J connectivity index is 2.24. The van der Waals surface area contributed by atoms with E-state index in [0.717, 1.165) is 22.2 Å². The van der Waals surface area contributed by atoms with Crippen LogP contribution in [0.15, 0.2) is 46.9 Å². The van der Waals surface area contributed by atoms with Crippen molar-refractivity contribution in [1.82, 2.24) is 14.9 Å². The fourth-order valence-electron chi connectivity index (χ4n) is 2.55. The Hall–Kier alpha value is -1.99. The molecule has 0 bridgehead atoms. The first kappa shape index (κ1) is 17.8. The Bertz CT molecular complexity index is 923. The van der Waals surface area contributed by atoms with E-state index >= 15 is 0 Å². The number of nitrogens with zero attached hydrogens (tertiary/aromatic N) is 3. The molecule has 0 amide bonds. The van der Waals surface area contributed by atoms with Gasteiger partial charge in [-0.3, -0.25) is 0 Å². The standard InChI is InChI=1S/C18H15BrF3N3/c1-25(2)10-16-14-7-6-12(18(20,21)22)9-15(14)23-17(24-16)11-4-3-5-13(19)8-11/h3-9H,10H2,1-2H3. The fourth-order valence-corrected chi connectivity index (χ4v) is 2.95. The summed E-state index contributed by atoms with van der Waals surface area (Å²) in [5.74, 6) is 0.407. The first-order valence-corrected chi connectivity index (χ1v) is 8.32. The third-order valence-electron chi connectivity index (χ3n) is 3.65. The minimum atomic E-state index is -4.41. The largest absolute Gasteiger partial charge is 0.416 e. The molecule has 3 rings (SSSR count). The lowest BCUT2D eigenvalue weighted by molar-refractivity contribution is -0.137. The molecule has 0 saturated carbocycles. The van der Waals surface area contributed by atoms with E-state index in [4.69, 9.17) is 0 Å². The molecule has 0 aliphatic heterocycles. The first-order chi connectivity index (χ1) is 11.7. The first-order valence-electron chi connectivity index (χ1n) is 7.52. The summed E-state index contributed by atoms with van der Waals surface area (Å²) in [6.45, 7) is 0.505. The summed E-state index contributed by atoms with van der Waals surface area (Å²) < 4.78 is 40.0. The van der Waals surface area contributed by atoms with Gasteiger partial charge in [-0.05, 0) is 38.4 Å². The molecule has 0 atom stereocenters. The molecule has 0 radical (unpaired) electrons. The number of aromatic nitrogens is 2. The fraction of sp³-hybridized carbons (Fsp3) is 0.222. The summed E-state index contributed by atoms with van der Waals surface area (Å²) in [5, 5.41) is 0.625. The summed E-state index contributed by atoms with van der Waals surface area (Å²) in [4.78, 5) is 10.9. The van der Waals surface area contributed by atoms with Gasteiger partial charge in [0.1, 0.15) is 0 Å². The molecule has 0 unspecified atom stereocenters. The van der Waals surface area contributed by atoms with Crippen molar-refractivity contribution < 1.29 is 13.2 Å². The van der Waals surface area contributed by atoms with Crippen molar-refractivity contribution in [1.29, 1.82) is 0 Å². The minimum absolute atomic E-state index is 0.289. The van der Waals surface area contributed by atoms with Gasteiger partial charge in [0.05, 0.1) is 16.8 Å². The summed E-state index contributed by atoms with van der Waals surface area (Å²) >= 11 is 3.39. The second kappa shape index (κ2) is 6.72. The number of fused-ring (bicyclic) bond motifs is 1. The lowest BCUT2D eigenvalue weighted by Crippen LogP contribution is -2.13. The van der Waals surface area contributed by atoms with Crippen LogP contribution in [0.1, 0.15) is 11.3 Å². The average Bonchev–Trinajstić information content (AvgIpc) is 2.52. The van der Waals surface area contributed by atoms with Crippen LogP contribution in [0.3, 0.4) is 0 Å². The topological polar surface area (TPSA) is 29.0 Å². The van der Waals surface area contributed by atoms with E-state index in [1.54, 1.807) is 0 Å². The summed E-state index contributed by atoms with van der Waals surface area (Å²) in [6, 6.07) is 11.0. The van der Waals surface area contributed by atoms with Crippen LogP contribution >= 0.6 is 15.9 Å². The van der Waals surface area contributed by atoms with E-state index < -0.39 is 11.7 Å². The van der Waals surface area contributed by atoms with Gasteiger partial charge in [-0.25, -0.2) is 9.97 Å². The molecule has 3 nitrogen and oxygen atoms in total. The van der Waals surface area contributed by atoms with Crippen molar-refractivity contribution >= 4 is 26.8 Å². The molecule has 0 fully saturated rings. The van der Waals surface area contributed by atoms with Gasteiger partial charge in [-0.15, -0.1) is 0 Å². The number of alkyl halides is 3. The van der Waals surface area contributed by atoms with E-state index in [1.807, 2.05) is 43.3 Å². The zero-order valence-corrected chi connectivity index (χ0v) is 15.2. The highest BCUT2D eigenvalue weighted by Crippen LogP contribution is 2.32. The highest BCUT2D eigenvalue weighted by atomic mass is 79.9. The molecule has 7 heteroatoms. The molecule has 1 heterocycles. The number of hydrogen-bond donors (Lipinski definition) is 0. The van der Waals surface area contributed by atoms with Gasteiger partial charge in [0.15, 0.2) is 5.82 Å². The highest BCUT2D eigenvalue weighted by molar-refractivity contribution is 9.10. The van der Waals surface area contributed by atoms with E-state index in [9.17, 15) is 13.2 Å². The van der Waals surface area contributed by atoms with Crippen molar-refractivity contribution in [2.24, 2.45) is 0 Å². The highest BCUT2D eigenvalue weighted by Gasteiger charge is 2.31. The molecule has 0 aliphatic carbocycles. The van der Waals surface area contributed by atoms with Gasteiger partial charge >= 0.3 is 6.18 Å². The molecule has 130 valence electrons. The Morgan fingerprint density at radius 2 is 1.80 bits per heavy atom. The molecule has 0 saturated heterocycles. The van der Waals surface area contributed by atoms with Crippen LogP contribution in [-0.4, -0.2) is 29.0 Å². The third-order valence-corrected chi connectivity index (χ3v) is 4.15. The van der Waals surface area contributed by atoms with E-state index in [1.165, 1.54) is 6.07 Å². The third kappa shape index (κ3) is 3.99. The number of benzene rings is 2. The summed E-state index contributed by atoms with van der Waals surface area (Å²) in [5.41, 5.74) is 1.01. The second-order valence-electron chi connectivity index (χ2n) is 5.97. The van der Waals surface area contributed by atoms with Crippen molar-refractivity contribution in [2.45, 2.75) is 12.7 Å². The Labute approximate surface area is 151 Å². The van der Waals surface area contributed by atoms with Crippen LogP contribution in [0, 0.1) is 0 Å². The molecule has 1 aromatic heterocycles. The molecule has 0 spiro atoms. The number of rotatable bonds is 3. The van der Waals surface area contributed by atoms with Crippen molar-refractivity contribution in [3.8, 4) is 11.4 Å². The van der Waals surface area contributed by atoms with Gasteiger partial charge in [-0.1, -0.05) is 34.1 Å². The lowest BCUT2D eigenvalue weighted by Gasteiger charge is -2.14. The zero-order valence-electron chi connectivity index (χ0n) is 13.6. The molecular formula is C18H15BrF3N3. The number of hydrogen-bond acceptors (Lipinski definition) is 3. The van der Waals surface area contributed by atoms with Gasteiger partial charge in [0.2, 0.25) is 0 Å². The van der Waals surface area contributed by atoms with Crippen LogP contribution in [0.25, 0.3) is 22.3 Å². The van der Waals surface area contributed by atoms with Gasteiger partial charge in [0, 0.05) is 22.0 Å². The Kier molecular flexibility index (Phi) is 4.79. The van der Waals surface area contributed by atoms with Gasteiger partial charge in [-0.2, -0.15) is 13.2 Å². The van der Waals surface area contributed by atoms with Crippen LogP contribution in [0.4, 0.5) is 13.2 Å². The van der Waals surface area contributed by atoms with Crippen molar-refractivity contribution in [3.63, 3.8) is 0 Å². The Morgan fingerprint density at radius 3 is 2.44 bits per heavy atom. The van der Waals surface area contributed by atoms with Gasteiger partial charge < -0.3 is 4.90 Å². The predicted octanol–water partition coefficient (Wildman–Crippen LogP) is 5.14. The van der Waals surface area contributed by atoms with E-state index in [-0.39, 0.29) is 5.52 Å². The maximum Gasteiger partial charge on any atom is 0.416 e. The molecule has 0 N–H and O–H groups in total. The maximum absolute atomic E-state index is 13.0. The molecular weight excluding hydrogens is 395 g/mol. The van der Waals surface area contributed by atoms with Gasteiger partial charge in [0.25, 0.3) is 0 Å². The van der Waals surface area contributed by atoms with Crippen LogP contribution in [0.2, 0.25) is 0 Å². The summed E-state index contributed by atoms with van der Waals surface area (Å²) in [6.07, 6.45) is -4.41. The van der Waals surface area contributed by atoms with Crippen LogP contribution in [-0.2, 0) is 12.7 Å². The monoisotopic (exact) mass is 409 g/mol. The average molecular weight is 410 g/mol. The summed E-state index contributed by atoms with van der Waals surface area (Å²) in [7, 11) is 3.77. The van der Waals surface area contributed by atoms with Crippen LogP contribution in [0.5, 0.6) is 0 Å². The maximum atomic E-state index is 13.0. The Morgan fingerprint density at radius 1 is 1.04 bits per heavy atom. The molecule has 0 aliphatic rings. The smallest absolute Gasteiger partial charge is 0.304 e. The van der Waals surface area contributed by atoms with Crippen LogP contribution < -0.4 is 0 Å². The normalized spacial score (nSPS) is 12.1.